The Balaban J connectivity index is 1.98. The molecule has 92 valence electrons. The van der Waals surface area contributed by atoms with Crippen LogP contribution in [0.4, 0.5) is 0 Å². The van der Waals surface area contributed by atoms with Crippen LogP contribution < -0.4 is 5.32 Å². The van der Waals surface area contributed by atoms with E-state index in [2.05, 4.69) is 10.3 Å². The van der Waals surface area contributed by atoms with Crippen LogP contribution in [0.2, 0.25) is 5.02 Å². The highest BCUT2D eigenvalue weighted by molar-refractivity contribution is 6.30. The Morgan fingerprint density at radius 3 is 2.67 bits per heavy atom. The number of nitrogens with one attached hydrogen (secondary N) is 1. The van der Waals surface area contributed by atoms with Gasteiger partial charge in [0.25, 0.3) is 5.91 Å². The Morgan fingerprint density at radius 1 is 1.28 bits per heavy atom. The predicted octanol–water partition coefficient (Wildman–Crippen LogP) is 2.97. The second-order valence-corrected chi connectivity index (χ2v) is 4.46. The lowest BCUT2D eigenvalue weighted by Gasteiger charge is -2.05. The lowest BCUT2D eigenvalue weighted by molar-refractivity contribution is 0.0946. The number of rotatable bonds is 3. The van der Waals surface area contributed by atoms with E-state index in [1.807, 2.05) is 25.1 Å². The average molecular weight is 261 g/mol. The highest BCUT2D eigenvalue weighted by Crippen LogP contribution is 2.09. The van der Waals surface area contributed by atoms with E-state index in [1.54, 1.807) is 24.4 Å². The fraction of sp³-hybridized carbons (Fsp3) is 0.143. The van der Waals surface area contributed by atoms with Crippen LogP contribution in [0.1, 0.15) is 21.6 Å². The van der Waals surface area contributed by atoms with Crippen molar-refractivity contribution in [1.82, 2.24) is 10.3 Å². The number of carbonyl (C=O) groups excluding carboxylic acids is 1. The number of benzene rings is 1. The molecule has 0 fully saturated rings. The van der Waals surface area contributed by atoms with Crippen LogP contribution in [0.3, 0.4) is 0 Å². The molecule has 2 aromatic rings. The molecule has 0 aliphatic carbocycles. The summed E-state index contributed by atoms with van der Waals surface area (Å²) in [7, 11) is 0. The average Bonchev–Trinajstić information content (AvgIpc) is 2.38. The smallest absolute Gasteiger partial charge is 0.270 e. The molecule has 0 atom stereocenters. The van der Waals surface area contributed by atoms with Crippen molar-refractivity contribution in [3.63, 3.8) is 0 Å². The molecule has 4 heteroatoms. The van der Waals surface area contributed by atoms with Crippen molar-refractivity contribution in [3.8, 4) is 0 Å². The molecule has 0 spiro atoms. The first-order chi connectivity index (χ1) is 8.65. The van der Waals surface area contributed by atoms with Gasteiger partial charge >= 0.3 is 0 Å². The van der Waals surface area contributed by atoms with Crippen molar-refractivity contribution >= 4 is 17.5 Å². The first-order valence-corrected chi connectivity index (χ1v) is 5.98. The van der Waals surface area contributed by atoms with Gasteiger partial charge in [-0.3, -0.25) is 9.78 Å². The van der Waals surface area contributed by atoms with Gasteiger partial charge in [-0.15, -0.1) is 0 Å². The van der Waals surface area contributed by atoms with E-state index in [9.17, 15) is 4.79 Å². The summed E-state index contributed by atoms with van der Waals surface area (Å²) in [5.41, 5.74) is 2.45. The summed E-state index contributed by atoms with van der Waals surface area (Å²) in [5, 5.41) is 3.50. The highest BCUT2D eigenvalue weighted by atomic mass is 35.5. The second kappa shape index (κ2) is 5.65. The minimum Gasteiger partial charge on any atom is -0.347 e. The topological polar surface area (TPSA) is 42.0 Å². The maximum Gasteiger partial charge on any atom is 0.270 e. The summed E-state index contributed by atoms with van der Waals surface area (Å²) < 4.78 is 0. The first-order valence-electron chi connectivity index (χ1n) is 5.60. The number of carbonyl (C=O) groups is 1. The number of amides is 1. The van der Waals surface area contributed by atoms with Gasteiger partial charge in [0.05, 0.1) is 0 Å². The molecule has 2 rings (SSSR count). The van der Waals surface area contributed by atoms with E-state index >= 15 is 0 Å². The lowest BCUT2D eigenvalue weighted by Crippen LogP contribution is -2.23. The normalized spacial score (nSPS) is 10.1. The third-order valence-electron chi connectivity index (χ3n) is 2.51. The van der Waals surface area contributed by atoms with Crippen molar-refractivity contribution in [2.45, 2.75) is 13.5 Å². The van der Waals surface area contributed by atoms with Crippen LogP contribution in [0.15, 0.2) is 42.6 Å². The Bertz CT molecular complexity index is 552. The zero-order valence-corrected chi connectivity index (χ0v) is 10.7. The van der Waals surface area contributed by atoms with E-state index in [-0.39, 0.29) is 5.91 Å². The Morgan fingerprint density at radius 2 is 2.00 bits per heavy atom. The molecule has 0 saturated carbocycles. The molecule has 1 amide bonds. The number of nitrogens with zero attached hydrogens (tertiary/aromatic N) is 1. The first kappa shape index (κ1) is 12.6. The van der Waals surface area contributed by atoms with Gasteiger partial charge in [-0.1, -0.05) is 23.7 Å². The Labute approximate surface area is 111 Å². The van der Waals surface area contributed by atoms with Crippen LogP contribution in [-0.4, -0.2) is 10.9 Å². The van der Waals surface area contributed by atoms with Crippen LogP contribution in [0, 0.1) is 6.92 Å². The molecule has 0 radical (unpaired) electrons. The summed E-state index contributed by atoms with van der Waals surface area (Å²) in [6.07, 6.45) is 1.63. The van der Waals surface area contributed by atoms with Gasteiger partial charge in [0.15, 0.2) is 0 Å². The van der Waals surface area contributed by atoms with E-state index in [0.717, 1.165) is 11.1 Å². The Hall–Kier alpha value is -1.87. The predicted molar refractivity (Wildman–Crippen MR) is 71.6 cm³/mol. The molecule has 1 N–H and O–H groups in total. The van der Waals surface area contributed by atoms with Crippen LogP contribution >= 0.6 is 11.6 Å². The Kier molecular flexibility index (Phi) is 3.95. The van der Waals surface area contributed by atoms with Crippen LogP contribution in [-0.2, 0) is 6.54 Å². The summed E-state index contributed by atoms with van der Waals surface area (Å²) in [6.45, 7) is 2.39. The van der Waals surface area contributed by atoms with Gasteiger partial charge in [-0.05, 0) is 42.3 Å². The third-order valence-corrected chi connectivity index (χ3v) is 2.77. The van der Waals surface area contributed by atoms with Crippen LogP contribution in [0.25, 0.3) is 0 Å². The van der Waals surface area contributed by atoms with Gasteiger partial charge in [0, 0.05) is 17.8 Å². The van der Waals surface area contributed by atoms with E-state index in [0.29, 0.717) is 17.3 Å². The third kappa shape index (κ3) is 3.31. The number of pyridine rings is 1. The van der Waals surface area contributed by atoms with Gasteiger partial charge < -0.3 is 5.32 Å². The molecular formula is C14H13ClN2O. The number of hydrogen-bond acceptors (Lipinski definition) is 2. The fourth-order valence-electron chi connectivity index (χ4n) is 1.54. The summed E-state index contributed by atoms with van der Waals surface area (Å²) in [4.78, 5) is 15.9. The zero-order valence-electron chi connectivity index (χ0n) is 9.98. The number of hydrogen-bond donors (Lipinski definition) is 1. The highest BCUT2D eigenvalue weighted by Gasteiger charge is 2.06. The quantitative estimate of drug-likeness (QED) is 0.922. The van der Waals surface area contributed by atoms with Crippen molar-refractivity contribution in [3.05, 3.63) is 64.4 Å². The van der Waals surface area contributed by atoms with Crippen molar-refractivity contribution in [2.75, 3.05) is 0 Å². The molecule has 0 bridgehead atoms. The number of halogens is 1. The lowest BCUT2D eigenvalue weighted by atomic mass is 10.2. The SMILES string of the molecule is Cc1ccnc(C(=O)NCc2ccc(Cl)cc2)c1. The molecule has 0 saturated heterocycles. The number of aryl methyl sites for hydroxylation is 1. The molecule has 18 heavy (non-hydrogen) atoms. The van der Waals surface area contributed by atoms with Gasteiger partial charge in [0.1, 0.15) is 5.69 Å². The molecule has 0 unspecified atom stereocenters. The van der Waals surface area contributed by atoms with E-state index in [4.69, 9.17) is 11.6 Å². The monoisotopic (exact) mass is 260 g/mol. The zero-order chi connectivity index (χ0) is 13.0. The van der Waals surface area contributed by atoms with Gasteiger partial charge in [-0.25, -0.2) is 0 Å². The van der Waals surface area contributed by atoms with Gasteiger partial charge in [-0.2, -0.15) is 0 Å². The minimum absolute atomic E-state index is 0.173. The van der Waals surface area contributed by atoms with Crippen molar-refractivity contribution < 1.29 is 4.79 Å². The summed E-state index contributed by atoms with van der Waals surface area (Å²) in [5.74, 6) is -0.173. The minimum atomic E-state index is -0.173. The molecule has 3 nitrogen and oxygen atoms in total. The van der Waals surface area contributed by atoms with Crippen molar-refractivity contribution in [2.24, 2.45) is 0 Å². The van der Waals surface area contributed by atoms with Crippen molar-refractivity contribution in [1.29, 1.82) is 0 Å². The van der Waals surface area contributed by atoms with Crippen LogP contribution in [0.5, 0.6) is 0 Å². The molecule has 1 aromatic heterocycles. The number of aromatic nitrogens is 1. The maximum absolute atomic E-state index is 11.8. The molecular weight excluding hydrogens is 248 g/mol. The van der Waals surface area contributed by atoms with Gasteiger partial charge in [0.2, 0.25) is 0 Å². The largest absolute Gasteiger partial charge is 0.347 e. The molecule has 0 aliphatic heterocycles. The molecule has 1 aromatic carbocycles. The van der Waals surface area contributed by atoms with E-state index in [1.165, 1.54) is 0 Å². The summed E-state index contributed by atoms with van der Waals surface area (Å²) in [6, 6.07) is 11.0. The van der Waals surface area contributed by atoms with E-state index < -0.39 is 0 Å². The second-order valence-electron chi connectivity index (χ2n) is 4.03. The fourth-order valence-corrected chi connectivity index (χ4v) is 1.66. The summed E-state index contributed by atoms with van der Waals surface area (Å²) >= 11 is 5.79. The maximum atomic E-state index is 11.8. The molecule has 1 heterocycles. The standard InChI is InChI=1S/C14H13ClN2O/c1-10-6-7-16-13(8-10)14(18)17-9-11-2-4-12(15)5-3-11/h2-8H,9H2,1H3,(H,17,18). The molecule has 0 aliphatic rings.